The average molecular weight is 403 g/mol. The van der Waals surface area contributed by atoms with Crippen molar-refractivity contribution >= 4 is 17.6 Å². The van der Waals surface area contributed by atoms with Crippen LogP contribution in [0.15, 0.2) is 42.7 Å². The number of aromatic nitrogens is 6. The second kappa shape index (κ2) is 6.94. The summed E-state index contributed by atoms with van der Waals surface area (Å²) in [5.74, 6) is 2.32. The number of H-pyrrole nitrogens is 1. The van der Waals surface area contributed by atoms with E-state index in [4.69, 9.17) is 9.72 Å². The van der Waals surface area contributed by atoms with E-state index in [0.717, 1.165) is 28.3 Å². The molecule has 1 aliphatic rings. The first kappa shape index (κ1) is 18.3. The molecule has 0 aliphatic carbocycles. The maximum absolute atomic E-state index is 12.3. The fourth-order valence-corrected chi connectivity index (χ4v) is 3.67. The second-order valence-corrected chi connectivity index (χ2v) is 7.71. The SMILES string of the molecule is Cc1nnc(-c2ccc(-c3cnn4ccc(N5C(=O)OC[C@@H]5C(C)C)nc34)cc2)[nH]1. The van der Waals surface area contributed by atoms with E-state index < -0.39 is 0 Å². The molecule has 0 radical (unpaired) electrons. The highest BCUT2D eigenvalue weighted by molar-refractivity contribution is 5.90. The molecule has 9 nitrogen and oxygen atoms in total. The Bertz CT molecular complexity index is 1230. The fraction of sp³-hybridized carbons (Fsp3) is 0.286. The van der Waals surface area contributed by atoms with Gasteiger partial charge < -0.3 is 9.72 Å². The van der Waals surface area contributed by atoms with Crippen molar-refractivity contribution in [3.63, 3.8) is 0 Å². The van der Waals surface area contributed by atoms with Gasteiger partial charge in [-0.1, -0.05) is 38.1 Å². The van der Waals surface area contributed by atoms with Gasteiger partial charge in [0.1, 0.15) is 18.2 Å². The number of nitrogens with zero attached hydrogens (tertiary/aromatic N) is 6. The van der Waals surface area contributed by atoms with Crippen LogP contribution in [0.4, 0.5) is 10.6 Å². The maximum atomic E-state index is 12.3. The summed E-state index contributed by atoms with van der Waals surface area (Å²) in [5, 5.41) is 12.5. The number of carbonyl (C=O) groups is 1. The lowest BCUT2D eigenvalue weighted by atomic mass is 10.0. The molecule has 3 aromatic heterocycles. The van der Waals surface area contributed by atoms with Gasteiger partial charge in [0.2, 0.25) is 0 Å². The molecule has 152 valence electrons. The quantitative estimate of drug-likeness (QED) is 0.560. The Morgan fingerprint density at radius 3 is 2.60 bits per heavy atom. The van der Waals surface area contributed by atoms with Gasteiger partial charge in [0.15, 0.2) is 11.5 Å². The number of fused-ring (bicyclic) bond motifs is 1. The summed E-state index contributed by atoms with van der Waals surface area (Å²) >= 11 is 0. The molecular weight excluding hydrogens is 382 g/mol. The van der Waals surface area contributed by atoms with Gasteiger partial charge in [-0.05, 0) is 24.5 Å². The van der Waals surface area contributed by atoms with Gasteiger partial charge in [0.05, 0.1) is 12.2 Å². The highest BCUT2D eigenvalue weighted by atomic mass is 16.6. The van der Waals surface area contributed by atoms with E-state index in [1.807, 2.05) is 37.4 Å². The van der Waals surface area contributed by atoms with Crippen molar-refractivity contribution in [2.24, 2.45) is 5.92 Å². The number of aryl methyl sites for hydroxylation is 1. The number of benzene rings is 1. The summed E-state index contributed by atoms with van der Waals surface area (Å²) in [6, 6.07) is 9.72. The predicted molar refractivity (Wildman–Crippen MR) is 111 cm³/mol. The van der Waals surface area contributed by atoms with Crippen molar-refractivity contribution in [3.8, 4) is 22.5 Å². The zero-order valence-corrected chi connectivity index (χ0v) is 16.9. The summed E-state index contributed by atoms with van der Waals surface area (Å²) in [7, 11) is 0. The normalized spacial score (nSPS) is 16.6. The molecule has 4 heterocycles. The van der Waals surface area contributed by atoms with Crippen LogP contribution in [0.5, 0.6) is 0 Å². The molecule has 1 amide bonds. The topological polar surface area (TPSA) is 101 Å². The lowest BCUT2D eigenvalue weighted by Gasteiger charge is -2.23. The van der Waals surface area contributed by atoms with Crippen molar-refractivity contribution in [2.75, 3.05) is 11.5 Å². The van der Waals surface area contributed by atoms with Crippen LogP contribution in [0.25, 0.3) is 28.2 Å². The molecular formula is C21H21N7O2. The standard InChI is InChI=1S/C21H21N7O2/c1-12(2)17-11-30-21(29)28(17)18-8-9-27-20(24-18)16(10-22-27)14-4-6-15(7-5-14)19-23-13(3)25-26-19/h4-10,12,17H,11H2,1-3H3,(H,23,25,26)/t17-/m1/s1. The molecule has 0 bridgehead atoms. The molecule has 30 heavy (non-hydrogen) atoms. The van der Waals surface area contributed by atoms with E-state index in [1.54, 1.807) is 21.7 Å². The van der Waals surface area contributed by atoms with E-state index in [2.05, 4.69) is 34.1 Å². The Morgan fingerprint density at radius 1 is 1.13 bits per heavy atom. The van der Waals surface area contributed by atoms with Crippen molar-refractivity contribution in [3.05, 3.63) is 48.5 Å². The zero-order chi connectivity index (χ0) is 20.8. The molecule has 0 unspecified atom stereocenters. The van der Waals surface area contributed by atoms with Gasteiger partial charge >= 0.3 is 6.09 Å². The smallest absolute Gasteiger partial charge is 0.415 e. The van der Waals surface area contributed by atoms with Crippen LogP contribution < -0.4 is 4.90 Å². The molecule has 0 saturated carbocycles. The lowest BCUT2D eigenvalue weighted by Crippen LogP contribution is -2.37. The minimum atomic E-state index is -0.363. The minimum Gasteiger partial charge on any atom is -0.447 e. The van der Waals surface area contributed by atoms with Crippen molar-refractivity contribution in [1.29, 1.82) is 0 Å². The van der Waals surface area contributed by atoms with Gasteiger partial charge in [-0.15, -0.1) is 10.2 Å². The Balaban J connectivity index is 1.53. The highest BCUT2D eigenvalue weighted by Crippen LogP contribution is 2.30. The van der Waals surface area contributed by atoms with Crippen LogP contribution in [0.3, 0.4) is 0 Å². The minimum absolute atomic E-state index is 0.0385. The highest BCUT2D eigenvalue weighted by Gasteiger charge is 2.37. The molecule has 1 saturated heterocycles. The third-order valence-electron chi connectivity index (χ3n) is 5.35. The van der Waals surface area contributed by atoms with Gasteiger partial charge in [0, 0.05) is 17.3 Å². The summed E-state index contributed by atoms with van der Waals surface area (Å²) < 4.78 is 6.98. The molecule has 1 fully saturated rings. The Kier molecular flexibility index (Phi) is 4.23. The number of amides is 1. The largest absolute Gasteiger partial charge is 0.447 e. The summed E-state index contributed by atoms with van der Waals surface area (Å²) in [6.07, 6.45) is 3.23. The summed E-state index contributed by atoms with van der Waals surface area (Å²) in [6.45, 7) is 6.38. The first-order chi connectivity index (χ1) is 14.5. The first-order valence-electron chi connectivity index (χ1n) is 9.82. The number of hydrogen-bond acceptors (Lipinski definition) is 6. The lowest BCUT2D eigenvalue weighted by molar-refractivity contribution is 0.177. The molecule has 5 rings (SSSR count). The molecule has 0 spiro atoms. The number of rotatable bonds is 4. The number of anilines is 1. The summed E-state index contributed by atoms with van der Waals surface area (Å²) in [5.41, 5.74) is 3.48. The van der Waals surface area contributed by atoms with Crippen LogP contribution in [0.2, 0.25) is 0 Å². The summed E-state index contributed by atoms with van der Waals surface area (Å²) in [4.78, 5) is 21.8. The van der Waals surface area contributed by atoms with Crippen molar-refractivity contribution < 1.29 is 9.53 Å². The van der Waals surface area contributed by atoms with Gasteiger partial charge in [-0.3, -0.25) is 4.90 Å². The Morgan fingerprint density at radius 2 is 1.90 bits per heavy atom. The van der Waals surface area contributed by atoms with Crippen LogP contribution in [0.1, 0.15) is 19.7 Å². The van der Waals surface area contributed by atoms with Crippen molar-refractivity contribution in [2.45, 2.75) is 26.8 Å². The van der Waals surface area contributed by atoms with Gasteiger partial charge in [0.25, 0.3) is 0 Å². The zero-order valence-electron chi connectivity index (χ0n) is 16.9. The van der Waals surface area contributed by atoms with E-state index in [-0.39, 0.29) is 18.1 Å². The number of carbonyl (C=O) groups excluding carboxylic acids is 1. The van der Waals surface area contributed by atoms with Gasteiger partial charge in [-0.25, -0.2) is 14.3 Å². The van der Waals surface area contributed by atoms with Gasteiger partial charge in [-0.2, -0.15) is 5.10 Å². The maximum Gasteiger partial charge on any atom is 0.415 e. The number of ether oxygens (including phenoxy) is 1. The van der Waals surface area contributed by atoms with Crippen molar-refractivity contribution in [1.82, 2.24) is 29.8 Å². The van der Waals surface area contributed by atoms with E-state index in [0.29, 0.717) is 18.1 Å². The van der Waals surface area contributed by atoms with E-state index in [9.17, 15) is 4.79 Å². The average Bonchev–Trinajstić information content (AvgIpc) is 3.45. The Hall–Kier alpha value is -3.75. The Labute approximate surface area is 172 Å². The number of hydrogen-bond donors (Lipinski definition) is 1. The van der Waals surface area contributed by atoms with E-state index in [1.165, 1.54) is 0 Å². The second-order valence-electron chi connectivity index (χ2n) is 7.71. The molecule has 1 N–H and O–H groups in total. The first-order valence-corrected chi connectivity index (χ1v) is 9.82. The molecule has 9 heteroatoms. The number of nitrogens with one attached hydrogen (secondary N) is 1. The van der Waals surface area contributed by atoms with E-state index >= 15 is 0 Å². The van der Waals surface area contributed by atoms with Crippen LogP contribution in [0, 0.1) is 12.8 Å². The third-order valence-corrected chi connectivity index (χ3v) is 5.35. The molecule has 1 aromatic carbocycles. The molecule has 1 aliphatic heterocycles. The number of aromatic amines is 1. The van der Waals surface area contributed by atoms with Crippen LogP contribution in [-0.4, -0.2) is 48.5 Å². The fourth-order valence-electron chi connectivity index (χ4n) is 3.67. The molecule has 4 aromatic rings. The van der Waals surface area contributed by atoms with Crippen LogP contribution in [-0.2, 0) is 4.74 Å². The number of cyclic esters (lactones) is 1. The third kappa shape index (κ3) is 2.99. The molecule has 1 atom stereocenters. The van der Waals surface area contributed by atoms with Crippen LogP contribution >= 0.6 is 0 Å². The monoisotopic (exact) mass is 403 g/mol. The predicted octanol–water partition coefficient (Wildman–Crippen LogP) is 3.47.